The summed E-state index contributed by atoms with van der Waals surface area (Å²) in [6.07, 6.45) is 4.58. The molecular formula is C8H13N. The first-order valence-electron chi connectivity index (χ1n) is 4.18. The summed E-state index contributed by atoms with van der Waals surface area (Å²) in [4.78, 5) is 0. The largest absolute Gasteiger partial charge is 0.313 e. The highest BCUT2D eigenvalue weighted by Gasteiger charge is 2.54. The molecule has 3 rings (SSSR count). The lowest BCUT2D eigenvalue weighted by Crippen LogP contribution is -2.25. The first-order valence-corrected chi connectivity index (χ1v) is 4.18. The quantitative estimate of drug-likeness (QED) is 0.507. The molecule has 1 heteroatoms. The van der Waals surface area contributed by atoms with Gasteiger partial charge in [0.05, 0.1) is 0 Å². The molecule has 1 aliphatic heterocycles. The van der Waals surface area contributed by atoms with E-state index in [4.69, 9.17) is 0 Å². The van der Waals surface area contributed by atoms with E-state index in [0.717, 1.165) is 23.8 Å². The predicted molar refractivity (Wildman–Crippen MR) is 36.1 cm³/mol. The molecule has 2 saturated carbocycles. The molecule has 1 nitrogen and oxygen atoms in total. The molecule has 0 radical (unpaired) electrons. The summed E-state index contributed by atoms with van der Waals surface area (Å²) in [5.74, 6) is 3.37. The normalized spacial score (nSPS) is 61.3. The molecule has 1 N–H and O–H groups in total. The molecule has 1 heterocycles. The van der Waals surface area contributed by atoms with E-state index < -0.39 is 0 Å². The Labute approximate surface area is 55.8 Å². The van der Waals surface area contributed by atoms with E-state index in [0.29, 0.717) is 0 Å². The minimum atomic E-state index is 0.968. The Balaban J connectivity index is 1.88. The molecule has 9 heavy (non-hydrogen) atoms. The number of rotatable bonds is 0. The topological polar surface area (TPSA) is 12.0 Å². The van der Waals surface area contributed by atoms with Crippen molar-refractivity contribution in [3.05, 3.63) is 0 Å². The molecule has 50 valence electrons. The molecule has 0 spiro atoms. The summed E-state index contributed by atoms with van der Waals surface area (Å²) in [6, 6.07) is 0.968. The lowest BCUT2D eigenvalue weighted by atomic mass is 10.00. The fourth-order valence-corrected chi connectivity index (χ4v) is 2.92. The molecule has 3 fully saturated rings. The molecule has 2 aliphatic carbocycles. The van der Waals surface area contributed by atoms with Crippen molar-refractivity contribution in [1.29, 1.82) is 0 Å². The van der Waals surface area contributed by atoms with Gasteiger partial charge in [-0.25, -0.2) is 0 Å². The second kappa shape index (κ2) is 1.34. The molecular weight excluding hydrogens is 110 g/mol. The fraction of sp³-hybridized carbons (Fsp3) is 1.00. The molecule has 0 aromatic carbocycles. The second-order valence-corrected chi connectivity index (χ2v) is 3.92. The van der Waals surface area contributed by atoms with Crippen molar-refractivity contribution >= 4 is 0 Å². The van der Waals surface area contributed by atoms with Gasteiger partial charge in [-0.3, -0.25) is 0 Å². The Morgan fingerprint density at radius 2 is 2.11 bits per heavy atom. The summed E-state index contributed by atoms with van der Waals surface area (Å²) in [6.45, 7) is 1.30. The van der Waals surface area contributed by atoms with E-state index in [-0.39, 0.29) is 0 Å². The van der Waals surface area contributed by atoms with Crippen LogP contribution in [-0.2, 0) is 0 Å². The first kappa shape index (κ1) is 4.73. The van der Waals surface area contributed by atoms with Crippen LogP contribution in [0.25, 0.3) is 0 Å². The smallest absolute Gasteiger partial charge is 0.0127 e. The lowest BCUT2D eigenvalue weighted by Gasteiger charge is -2.10. The van der Waals surface area contributed by atoms with Crippen molar-refractivity contribution in [2.45, 2.75) is 25.3 Å². The van der Waals surface area contributed by atoms with Crippen LogP contribution in [0.1, 0.15) is 19.3 Å². The van der Waals surface area contributed by atoms with E-state index in [1.165, 1.54) is 13.0 Å². The van der Waals surface area contributed by atoms with E-state index in [2.05, 4.69) is 5.32 Å². The van der Waals surface area contributed by atoms with Crippen LogP contribution in [0, 0.1) is 17.8 Å². The minimum Gasteiger partial charge on any atom is -0.313 e. The summed E-state index contributed by atoms with van der Waals surface area (Å²) < 4.78 is 0. The van der Waals surface area contributed by atoms with Crippen LogP contribution in [0.4, 0.5) is 0 Å². The maximum absolute atomic E-state index is 3.61. The van der Waals surface area contributed by atoms with Crippen LogP contribution in [-0.4, -0.2) is 12.6 Å². The third-order valence-electron chi connectivity index (χ3n) is 3.45. The average molecular weight is 123 g/mol. The predicted octanol–water partition coefficient (Wildman–Crippen LogP) is 1.00. The number of hydrogen-bond donors (Lipinski definition) is 1. The average Bonchev–Trinajstić information content (AvgIpc) is 2.38. The first-order chi connectivity index (χ1) is 4.45. The third kappa shape index (κ3) is 0.493. The number of nitrogens with one attached hydrogen (secondary N) is 1. The van der Waals surface area contributed by atoms with Crippen LogP contribution in [0.5, 0.6) is 0 Å². The molecule has 0 aromatic rings. The van der Waals surface area contributed by atoms with Gasteiger partial charge in [0.25, 0.3) is 0 Å². The second-order valence-electron chi connectivity index (χ2n) is 3.92. The zero-order valence-electron chi connectivity index (χ0n) is 5.64. The highest BCUT2D eigenvalue weighted by Crippen LogP contribution is 2.56. The van der Waals surface area contributed by atoms with Gasteiger partial charge >= 0.3 is 0 Å². The molecule has 1 saturated heterocycles. The van der Waals surface area contributed by atoms with Crippen molar-refractivity contribution in [2.75, 3.05) is 6.54 Å². The Morgan fingerprint density at radius 3 is 3.00 bits per heavy atom. The van der Waals surface area contributed by atoms with Gasteiger partial charge in [0, 0.05) is 6.04 Å². The van der Waals surface area contributed by atoms with E-state index in [1.807, 2.05) is 0 Å². The summed E-state index contributed by atoms with van der Waals surface area (Å²) in [5.41, 5.74) is 0. The van der Waals surface area contributed by atoms with Gasteiger partial charge in [0.2, 0.25) is 0 Å². The van der Waals surface area contributed by atoms with Gasteiger partial charge in [-0.05, 0) is 43.6 Å². The van der Waals surface area contributed by atoms with E-state index in [9.17, 15) is 0 Å². The zero-order valence-corrected chi connectivity index (χ0v) is 5.64. The monoisotopic (exact) mass is 123 g/mol. The maximum Gasteiger partial charge on any atom is 0.0127 e. The van der Waals surface area contributed by atoms with Crippen molar-refractivity contribution in [2.24, 2.45) is 17.8 Å². The number of hydrogen-bond acceptors (Lipinski definition) is 1. The van der Waals surface area contributed by atoms with Gasteiger partial charge in [0.1, 0.15) is 0 Å². The fourth-order valence-electron chi connectivity index (χ4n) is 2.92. The van der Waals surface area contributed by atoms with Crippen LogP contribution in [0.3, 0.4) is 0 Å². The molecule has 0 bridgehead atoms. The van der Waals surface area contributed by atoms with Crippen LogP contribution in [0.15, 0.2) is 0 Å². The molecule has 0 aromatic heterocycles. The van der Waals surface area contributed by atoms with Crippen LogP contribution < -0.4 is 5.32 Å². The van der Waals surface area contributed by atoms with Gasteiger partial charge in [-0.1, -0.05) is 0 Å². The molecule has 0 amide bonds. The standard InChI is InChI=1S/C8H13N/c1-2-9-8-5(1)3-6-4-7(6)8/h5-9H,1-4H2. The van der Waals surface area contributed by atoms with Gasteiger partial charge in [0.15, 0.2) is 0 Å². The Kier molecular flexibility index (Phi) is 0.704. The number of fused-ring (bicyclic) bond motifs is 3. The van der Waals surface area contributed by atoms with Crippen molar-refractivity contribution in [1.82, 2.24) is 5.32 Å². The van der Waals surface area contributed by atoms with Crippen molar-refractivity contribution in [3.8, 4) is 0 Å². The summed E-state index contributed by atoms with van der Waals surface area (Å²) in [5, 5.41) is 3.61. The van der Waals surface area contributed by atoms with Crippen LogP contribution >= 0.6 is 0 Å². The van der Waals surface area contributed by atoms with E-state index >= 15 is 0 Å². The highest BCUT2D eigenvalue weighted by atomic mass is 15.0. The lowest BCUT2D eigenvalue weighted by molar-refractivity contribution is 0.453. The van der Waals surface area contributed by atoms with Crippen LogP contribution in [0.2, 0.25) is 0 Å². The van der Waals surface area contributed by atoms with Crippen molar-refractivity contribution < 1.29 is 0 Å². The Morgan fingerprint density at radius 1 is 1.11 bits per heavy atom. The molecule has 3 aliphatic rings. The van der Waals surface area contributed by atoms with E-state index in [1.54, 1.807) is 12.8 Å². The summed E-state index contributed by atoms with van der Waals surface area (Å²) >= 11 is 0. The maximum atomic E-state index is 3.61. The molecule has 4 unspecified atom stereocenters. The Bertz CT molecular complexity index is 144. The minimum absolute atomic E-state index is 0.968. The SMILES string of the molecule is C1CC2CC3CC3C2N1. The molecule has 4 atom stereocenters. The summed E-state index contributed by atoms with van der Waals surface area (Å²) in [7, 11) is 0. The van der Waals surface area contributed by atoms with Gasteiger partial charge in [-0.15, -0.1) is 0 Å². The zero-order chi connectivity index (χ0) is 5.84. The third-order valence-corrected chi connectivity index (χ3v) is 3.45. The van der Waals surface area contributed by atoms with Gasteiger partial charge < -0.3 is 5.32 Å². The van der Waals surface area contributed by atoms with Gasteiger partial charge in [-0.2, -0.15) is 0 Å². The Hall–Kier alpha value is -0.0400. The highest BCUT2D eigenvalue weighted by molar-refractivity contribution is 5.08. The van der Waals surface area contributed by atoms with Crippen molar-refractivity contribution in [3.63, 3.8) is 0 Å².